The molecule has 6 N–H and O–H groups in total. The molecule has 0 fully saturated rings. The number of nitrogens with zero attached hydrogens (tertiary/aromatic N) is 6. The van der Waals surface area contributed by atoms with E-state index in [0.29, 0.717) is 38.1 Å². The number of anilines is 2. The first kappa shape index (κ1) is 40.6. The molecule has 2 aliphatic heterocycles. The number of hydrogen-bond donors (Lipinski definition) is 4. The molecule has 2 aromatic carbocycles. The van der Waals surface area contributed by atoms with Gasteiger partial charge in [0.2, 0.25) is 11.8 Å². The predicted octanol–water partition coefficient (Wildman–Crippen LogP) is 6.42. The van der Waals surface area contributed by atoms with Gasteiger partial charge in [-0.05, 0) is 122 Å². The Morgan fingerprint density at radius 3 is 1.28 bits per heavy atom. The summed E-state index contributed by atoms with van der Waals surface area (Å²) in [6, 6.07) is 3.21. The molecule has 6 aliphatic rings. The highest BCUT2D eigenvalue weighted by molar-refractivity contribution is 7.92. The number of aryl methyl sites for hydroxylation is 4. The van der Waals surface area contributed by atoms with Crippen molar-refractivity contribution in [2.24, 2.45) is 29.8 Å². The van der Waals surface area contributed by atoms with Crippen LogP contribution in [0.15, 0.2) is 43.0 Å². The van der Waals surface area contributed by atoms with Crippen molar-refractivity contribution in [3.05, 3.63) is 69.0 Å². The molecule has 2 unspecified atom stereocenters. The van der Waals surface area contributed by atoms with Gasteiger partial charge in [0.25, 0.3) is 0 Å². The maximum Gasteiger partial charge on any atom is 0.354 e. The lowest BCUT2D eigenvalue weighted by Crippen LogP contribution is -2.33. The summed E-state index contributed by atoms with van der Waals surface area (Å²) in [7, 11) is -6.98. The number of amides is 4. The van der Waals surface area contributed by atoms with Gasteiger partial charge in [-0.1, -0.05) is 39.8 Å². The smallest absolute Gasteiger partial charge is 0.354 e. The van der Waals surface area contributed by atoms with Gasteiger partial charge in [-0.2, -0.15) is 10.2 Å². The first-order valence-electron chi connectivity index (χ1n) is 20.9. The largest absolute Gasteiger partial charge is 0.476 e. The third kappa shape index (κ3) is 7.71. The highest BCUT2D eigenvalue weighted by Gasteiger charge is 2.34. The average molecular weight is 859 g/mol. The number of nitrogens with two attached hydrogens (primary N) is 2. The molecule has 18 heteroatoms. The third-order valence-electron chi connectivity index (χ3n) is 12.4. The van der Waals surface area contributed by atoms with Gasteiger partial charge in [-0.25, -0.2) is 37.6 Å². The molecular formula is C42H54N10O6S2. The SMILES string of the molecule is CC1(C)COc2c(S(N)(=O)=NC(=O)Nc3c4c(cc5c3CCC5)CCC4)cnn2C1.CC1(C)COc2c(S(N)(=O)=NC(=O)Nc3c4c(cc5c3CCC5)CCC4)cnn2C1. The van der Waals surface area contributed by atoms with Crippen LogP contribution >= 0.6 is 0 Å². The van der Waals surface area contributed by atoms with Gasteiger partial charge < -0.3 is 20.1 Å². The van der Waals surface area contributed by atoms with E-state index in [0.717, 1.165) is 88.4 Å². The number of carbonyl (C=O) groups is 2. The molecule has 0 bridgehead atoms. The Labute approximate surface area is 351 Å². The summed E-state index contributed by atoms with van der Waals surface area (Å²) < 4.78 is 48.9. The minimum Gasteiger partial charge on any atom is -0.476 e. The van der Waals surface area contributed by atoms with E-state index in [9.17, 15) is 18.0 Å². The Hall–Kier alpha value is -4.78. The van der Waals surface area contributed by atoms with E-state index < -0.39 is 31.9 Å². The number of nitrogens with one attached hydrogen (secondary N) is 2. The molecule has 60 heavy (non-hydrogen) atoms. The number of hydrogen-bond acceptors (Lipinski definition) is 8. The number of urea groups is 2. The zero-order valence-corrected chi connectivity index (χ0v) is 36.4. The van der Waals surface area contributed by atoms with E-state index in [1.165, 1.54) is 56.9 Å². The van der Waals surface area contributed by atoms with Crippen LogP contribution < -0.4 is 30.4 Å². The summed E-state index contributed by atoms with van der Waals surface area (Å²) in [5, 5.41) is 26.4. The summed E-state index contributed by atoms with van der Waals surface area (Å²) in [4.78, 5) is 25.9. The highest BCUT2D eigenvalue weighted by atomic mass is 32.2. The number of fused-ring (bicyclic) bond motifs is 6. The van der Waals surface area contributed by atoms with Gasteiger partial charge in [-0.3, -0.25) is 0 Å². The quantitative estimate of drug-likeness (QED) is 0.179. The van der Waals surface area contributed by atoms with Crippen LogP contribution in [0.4, 0.5) is 21.0 Å². The Morgan fingerprint density at radius 2 is 0.950 bits per heavy atom. The van der Waals surface area contributed by atoms with Crippen LogP contribution in [0, 0.1) is 10.8 Å². The van der Waals surface area contributed by atoms with Crippen molar-refractivity contribution in [3.8, 4) is 11.8 Å². The topological polar surface area (TPSA) is 223 Å². The molecule has 0 spiro atoms. The zero-order chi connectivity index (χ0) is 42.2. The van der Waals surface area contributed by atoms with Crippen molar-refractivity contribution in [2.45, 2.75) is 128 Å². The van der Waals surface area contributed by atoms with Crippen molar-refractivity contribution >= 4 is 43.3 Å². The number of benzene rings is 2. The lowest BCUT2D eigenvalue weighted by Gasteiger charge is -2.30. The van der Waals surface area contributed by atoms with Crippen molar-refractivity contribution < 1.29 is 27.5 Å². The van der Waals surface area contributed by atoms with E-state index in [2.05, 4.69) is 69.4 Å². The Balaban J connectivity index is 0.000000154. The number of aromatic nitrogens is 4. The summed E-state index contributed by atoms with van der Waals surface area (Å²) in [5.41, 5.74) is 11.5. The minimum absolute atomic E-state index is 0.0889. The second kappa shape index (κ2) is 15.0. The van der Waals surface area contributed by atoms with Crippen molar-refractivity contribution in [1.29, 1.82) is 0 Å². The van der Waals surface area contributed by atoms with Gasteiger partial charge in [-0.15, -0.1) is 8.73 Å². The normalized spacial score (nSPS) is 20.5. The van der Waals surface area contributed by atoms with Gasteiger partial charge in [0.15, 0.2) is 19.8 Å². The number of ether oxygens (including phenoxy) is 2. The Kier molecular flexibility index (Phi) is 10.1. The summed E-state index contributed by atoms with van der Waals surface area (Å²) in [6.07, 6.45) is 15.0. The molecule has 2 atom stereocenters. The number of carbonyl (C=O) groups excluding carboxylic acids is 2. The molecule has 2 aromatic heterocycles. The van der Waals surface area contributed by atoms with E-state index in [4.69, 9.17) is 19.8 Å². The van der Waals surface area contributed by atoms with E-state index in [1.807, 2.05) is 0 Å². The second-order valence-corrected chi connectivity index (χ2v) is 22.0. The lowest BCUT2D eigenvalue weighted by molar-refractivity contribution is 0.0972. The standard InChI is InChI=1S/2C21H27N5O3S/c2*1-21(2)11-26-19(29-12-21)17(10-23-26)30(22,28)25-20(27)24-18-15-7-3-5-13(15)9-14-6-4-8-16(14)18/h2*9-10H,3-8,11-12H2,1-2H3,(H3,22,24,25,27,28). The predicted molar refractivity (Wildman–Crippen MR) is 228 cm³/mol. The van der Waals surface area contributed by atoms with Gasteiger partial charge in [0.05, 0.1) is 38.7 Å². The van der Waals surface area contributed by atoms with Crippen LogP contribution in [0.3, 0.4) is 0 Å². The average Bonchev–Trinajstić information content (AvgIpc) is 4.01. The van der Waals surface area contributed by atoms with Crippen LogP contribution in [-0.4, -0.2) is 53.3 Å². The molecule has 10 rings (SSSR count). The van der Waals surface area contributed by atoms with Gasteiger partial charge >= 0.3 is 12.1 Å². The number of rotatable bonds is 4. The summed E-state index contributed by atoms with van der Waals surface area (Å²) in [5.74, 6) is 0.666. The zero-order valence-electron chi connectivity index (χ0n) is 34.7. The van der Waals surface area contributed by atoms with Crippen LogP contribution in [-0.2, 0) is 84.3 Å². The van der Waals surface area contributed by atoms with Crippen molar-refractivity contribution in [2.75, 3.05) is 23.8 Å². The molecule has 0 saturated carbocycles. The fourth-order valence-corrected chi connectivity index (χ4v) is 11.6. The molecule has 0 saturated heterocycles. The minimum atomic E-state index is -3.49. The maximum absolute atomic E-state index is 13.2. The molecular weight excluding hydrogens is 805 g/mol. The molecule has 4 amide bonds. The second-order valence-electron chi connectivity index (χ2n) is 18.5. The van der Waals surface area contributed by atoms with Gasteiger partial charge in [0.1, 0.15) is 9.79 Å². The van der Waals surface area contributed by atoms with E-state index in [-0.39, 0.29) is 20.6 Å². The molecule has 320 valence electrons. The van der Waals surface area contributed by atoms with Gasteiger partial charge in [0, 0.05) is 22.2 Å². The van der Waals surface area contributed by atoms with Crippen LogP contribution in [0.25, 0.3) is 0 Å². The molecule has 16 nitrogen and oxygen atoms in total. The van der Waals surface area contributed by atoms with Crippen molar-refractivity contribution in [3.63, 3.8) is 0 Å². The lowest BCUT2D eigenvalue weighted by atomic mass is 9.94. The van der Waals surface area contributed by atoms with E-state index >= 15 is 0 Å². The first-order chi connectivity index (χ1) is 28.5. The maximum atomic E-state index is 13.2. The molecule has 0 radical (unpaired) electrons. The fraction of sp³-hybridized carbons (Fsp3) is 0.524. The Bertz CT molecular complexity index is 2470. The van der Waals surface area contributed by atoms with Crippen LogP contribution in [0.1, 0.15) is 97.9 Å². The fourth-order valence-electron chi connectivity index (χ4n) is 9.60. The molecule has 4 heterocycles. The molecule has 4 aliphatic carbocycles. The first-order valence-corrected chi connectivity index (χ1v) is 24.0. The van der Waals surface area contributed by atoms with Crippen molar-refractivity contribution in [1.82, 2.24) is 19.6 Å². The monoisotopic (exact) mass is 858 g/mol. The summed E-state index contributed by atoms with van der Waals surface area (Å²) in [6.45, 7) is 10.4. The van der Waals surface area contributed by atoms with E-state index in [1.54, 1.807) is 9.36 Å². The Morgan fingerprint density at radius 1 is 0.617 bits per heavy atom. The van der Waals surface area contributed by atoms with Crippen LogP contribution in [0.2, 0.25) is 0 Å². The summed E-state index contributed by atoms with van der Waals surface area (Å²) >= 11 is 0. The third-order valence-corrected chi connectivity index (χ3v) is 15.0. The van der Waals surface area contributed by atoms with Crippen LogP contribution in [0.5, 0.6) is 11.8 Å². The molecule has 4 aromatic rings. The highest BCUT2D eigenvalue weighted by Crippen LogP contribution is 2.41.